The van der Waals surface area contributed by atoms with Gasteiger partial charge in [0, 0.05) is 35.8 Å². The van der Waals surface area contributed by atoms with Gasteiger partial charge in [0.2, 0.25) is 0 Å². The fourth-order valence-electron chi connectivity index (χ4n) is 2.84. The number of thioether (sulfide) groups is 1. The molecule has 0 aromatic heterocycles. The first-order valence-corrected chi connectivity index (χ1v) is 7.86. The minimum atomic E-state index is 0.574. The number of nitrogens with one attached hydrogen (secondary N) is 1. The molecule has 1 saturated heterocycles. The average Bonchev–Trinajstić information content (AvgIpc) is 3.06. The Hall–Kier alpha value is -0.510. The molecule has 0 spiro atoms. The van der Waals surface area contributed by atoms with Crippen molar-refractivity contribution in [1.29, 1.82) is 0 Å². The molecule has 2 heterocycles. The van der Waals surface area contributed by atoms with Crippen molar-refractivity contribution in [3.63, 3.8) is 0 Å². The molecule has 0 aliphatic carbocycles. The lowest BCUT2D eigenvalue weighted by Crippen LogP contribution is -2.36. The number of hydrogen-bond donors (Lipinski definition) is 1. The Labute approximate surface area is 113 Å². The summed E-state index contributed by atoms with van der Waals surface area (Å²) >= 11 is 2.00. The highest BCUT2D eigenvalue weighted by Gasteiger charge is 2.26. The Morgan fingerprint density at radius 1 is 1.44 bits per heavy atom. The Kier molecular flexibility index (Phi) is 3.92. The highest BCUT2D eigenvalue weighted by molar-refractivity contribution is 7.99. The first kappa shape index (κ1) is 12.5. The van der Waals surface area contributed by atoms with Gasteiger partial charge in [-0.3, -0.25) is 0 Å². The van der Waals surface area contributed by atoms with Gasteiger partial charge in [-0.25, -0.2) is 0 Å². The van der Waals surface area contributed by atoms with Crippen LogP contribution >= 0.6 is 11.8 Å². The summed E-state index contributed by atoms with van der Waals surface area (Å²) in [5.74, 6) is 2.60. The molecule has 0 bridgehead atoms. The summed E-state index contributed by atoms with van der Waals surface area (Å²) in [6.45, 7) is 5.28. The van der Waals surface area contributed by atoms with E-state index in [1.165, 1.54) is 22.6 Å². The summed E-state index contributed by atoms with van der Waals surface area (Å²) in [6.07, 6.45) is 1.21. The summed E-state index contributed by atoms with van der Waals surface area (Å²) in [5.41, 5.74) is 1.53. The number of hydrogen-bond acceptors (Lipinski definition) is 3. The third-order valence-electron chi connectivity index (χ3n) is 4.16. The van der Waals surface area contributed by atoms with Crippen LogP contribution in [0.25, 0.3) is 0 Å². The van der Waals surface area contributed by atoms with Gasteiger partial charge in [-0.05, 0) is 30.9 Å². The molecule has 3 heteroatoms. The Morgan fingerprint density at radius 2 is 2.33 bits per heavy atom. The molecule has 1 N–H and O–H groups in total. The molecule has 1 aromatic carbocycles. The maximum atomic E-state index is 5.46. The topological polar surface area (TPSA) is 21.3 Å². The SMILES string of the molecule is CC(NCC1CSc2ccccc21)C1CCOC1. The minimum Gasteiger partial charge on any atom is -0.381 e. The van der Waals surface area contributed by atoms with Gasteiger partial charge in [-0.1, -0.05) is 18.2 Å². The third kappa shape index (κ3) is 2.58. The van der Waals surface area contributed by atoms with Crippen LogP contribution < -0.4 is 5.32 Å². The molecule has 0 saturated carbocycles. The van der Waals surface area contributed by atoms with Gasteiger partial charge < -0.3 is 10.1 Å². The second-order valence-electron chi connectivity index (χ2n) is 5.37. The molecule has 0 amide bonds. The highest BCUT2D eigenvalue weighted by atomic mass is 32.2. The molecule has 3 unspecified atom stereocenters. The fraction of sp³-hybridized carbons (Fsp3) is 0.600. The summed E-state index contributed by atoms with van der Waals surface area (Å²) < 4.78 is 5.46. The van der Waals surface area contributed by atoms with Crippen LogP contribution in [0.4, 0.5) is 0 Å². The summed E-state index contributed by atoms with van der Waals surface area (Å²) in [4.78, 5) is 1.47. The largest absolute Gasteiger partial charge is 0.381 e. The Bertz CT molecular complexity index is 403. The van der Waals surface area contributed by atoms with Gasteiger partial charge in [0.25, 0.3) is 0 Å². The first-order valence-electron chi connectivity index (χ1n) is 6.87. The molecule has 18 heavy (non-hydrogen) atoms. The third-order valence-corrected chi connectivity index (χ3v) is 5.41. The quantitative estimate of drug-likeness (QED) is 0.902. The number of fused-ring (bicyclic) bond motifs is 1. The second kappa shape index (κ2) is 5.64. The summed E-state index contributed by atoms with van der Waals surface area (Å²) in [7, 11) is 0. The fourth-order valence-corrected chi connectivity index (χ4v) is 4.09. The van der Waals surface area contributed by atoms with E-state index in [-0.39, 0.29) is 0 Å². The van der Waals surface area contributed by atoms with Gasteiger partial charge in [0.1, 0.15) is 0 Å². The van der Waals surface area contributed by atoms with Gasteiger partial charge in [0.15, 0.2) is 0 Å². The van der Waals surface area contributed by atoms with E-state index in [1.807, 2.05) is 11.8 Å². The van der Waals surface area contributed by atoms with Crippen LogP contribution in [-0.2, 0) is 4.74 Å². The van der Waals surface area contributed by atoms with Crippen LogP contribution in [0.15, 0.2) is 29.2 Å². The van der Waals surface area contributed by atoms with Gasteiger partial charge in [-0.15, -0.1) is 11.8 Å². The lowest BCUT2D eigenvalue weighted by atomic mass is 9.98. The molecular formula is C15H21NOS. The van der Waals surface area contributed by atoms with Crippen molar-refractivity contribution in [3.05, 3.63) is 29.8 Å². The second-order valence-corrected chi connectivity index (χ2v) is 6.43. The van der Waals surface area contributed by atoms with Crippen LogP contribution in [0, 0.1) is 5.92 Å². The van der Waals surface area contributed by atoms with Gasteiger partial charge in [-0.2, -0.15) is 0 Å². The van der Waals surface area contributed by atoms with E-state index >= 15 is 0 Å². The molecule has 2 aliphatic heterocycles. The predicted molar refractivity (Wildman–Crippen MR) is 76.3 cm³/mol. The van der Waals surface area contributed by atoms with Crippen molar-refractivity contribution < 1.29 is 4.74 Å². The highest BCUT2D eigenvalue weighted by Crippen LogP contribution is 2.38. The van der Waals surface area contributed by atoms with Gasteiger partial charge in [0.05, 0.1) is 6.61 Å². The van der Waals surface area contributed by atoms with E-state index in [9.17, 15) is 0 Å². The van der Waals surface area contributed by atoms with Crippen LogP contribution in [0.3, 0.4) is 0 Å². The monoisotopic (exact) mass is 263 g/mol. The lowest BCUT2D eigenvalue weighted by molar-refractivity contribution is 0.178. The zero-order chi connectivity index (χ0) is 12.4. The van der Waals surface area contributed by atoms with Crippen LogP contribution in [0.5, 0.6) is 0 Å². The number of benzene rings is 1. The van der Waals surface area contributed by atoms with E-state index in [0.29, 0.717) is 17.9 Å². The predicted octanol–water partition coefficient (Wildman–Crippen LogP) is 2.89. The summed E-state index contributed by atoms with van der Waals surface area (Å²) in [6, 6.07) is 9.40. The minimum absolute atomic E-state index is 0.574. The Morgan fingerprint density at radius 3 is 3.17 bits per heavy atom. The lowest BCUT2D eigenvalue weighted by Gasteiger charge is -2.21. The first-order chi connectivity index (χ1) is 8.84. The molecule has 3 rings (SSSR count). The van der Waals surface area contributed by atoms with Crippen LogP contribution in [-0.4, -0.2) is 31.6 Å². The van der Waals surface area contributed by atoms with Crippen molar-refractivity contribution in [2.24, 2.45) is 5.92 Å². The molecule has 2 nitrogen and oxygen atoms in total. The van der Waals surface area contributed by atoms with Crippen LogP contribution in [0.1, 0.15) is 24.8 Å². The van der Waals surface area contributed by atoms with Crippen molar-refractivity contribution in [2.75, 3.05) is 25.5 Å². The van der Waals surface area contributed by atoms with E-state index in [2.05, 4.69) is 36.5 Å². The van der Waals surface area contributed by atoms with Crippen molar-refractivity contribution >= 4 is 11.8 Å². The van der Waals surface area contributed by atoms with E-state index in [4.69, 9.17) is 4.74 Å². The number of rotatable bonds is 4. The molecule has 0 radical (unpaired) electrons. The summed E-state index contributed by atoms with van der Waals surface area (Å²) in [5, 5.41) is 3.71. The molecule has 3 atom stereocenters. The zero-order valence-corrected chi connectivity index (χ0v) is 11.7. The maximum absolute atomic E-state index is 5.46. The average molecular weight is 263 g/mol. The molecular weight excluding hydrogens is 242 g/mol. The maximum Gasteiger partial charge on any atom is 0.0509 e. The van der Waals surface area contributed by atoms with E-state index in [1.54, 1.807) is 0 Å². The molecule has 1 aromatic rings. The zero-order valence-electron chi connectivity index (χ0n) is 10.9. The smallest absolute Gasteiger partial charge is 0.0509 e. The standard InChI is InChI=1S/C15H21NOS/c1-11(12-6-7-17-9-12)16-8-13-10-18-15-5-3-2-4-14(13)15/h2-5,11-13,16H,6-10H2,1H3. The number of ether oxygens (including phenoxy) is 1. The normalized spacial score (nSPS) is 28.3. The molecule has 2 aliphatic rings. The van der Waals surface area contributed by atoms with Gasteiger partial charge >= 0.3 is 0 Å². The van der Waals surface area contributed by atoms with Crippen molar-refractivity contribution in [1.82, 2.24) is 5.32 Å². The Balaban J connectivity index is 1.55. The van der Waals surface area contributed by atoms with E-state index < -0.39 is 0 Å². The molecule has 98 valence electrons. The molecule has 1 fully saturated rings. The van der Waals surface area contributed by atoms with Crippen molar-refractivity contribution in [2.45, 2.75) is 30.2 Å². The van der Waals surface area contributed by atoms with Crippen LogP contribution in [0.2, 0.25) is 0 Å². The van der Waals surface area contributed by atoms with E-state index in [0.717, 1.165) is 19.8 Å². The van der Waals surface area contributed by atoms with Crippen molar-refractivity contribution in [3.8, 4) is 0 Å².